The summed E-state index contributed by atoms with van der Waals surface area (Å²) in [4.78, 5) is 39.3. The van der Waals surface area contributed by atoms with Crippen LogP contribution >= 0.6 is 0 Å². The van der Waals surface area contributed by atoms with Crippen molar-refractivity contribution in [3.63, 3.8) is 0 Å². The maximum Gasteiger partial charge on any atom is 0.305 e. The Morgan fingerprint density at radius 1 is 1.18 bits per heavy atom. The zero-order valence-corrected chi connectivity index (χ0v) is 20.1. The van der Waals surface area contributed by atoms with Gasteiger partial charge in [-0.25, -0.2) is 12.8 Å². The third-order valence-corrected chi connectivity index (χ3v) is 8.48. The lowest BCUT2D eigenvalue weighted by molar-refractivity contribution is -0.138. The van der Waals surface area contributed by atoms with Crippen molar-refractivity contribution >= 4 is 27.8 Å². The van der Waals surface area contributed by atoms with Crippen molar-refractivity contribution in [2.45, 2.75) is 64.1 Å². The maximum absolute atomic E-state index is 13.7. The molecule has 1 aromatic carbocycles. The van der Waals surface area contributed by atoms with Gasteiger partial charge in [0.2, 0.25) is 10.0 Å². The fourth-order valence-corrected chi connectivity index (χ4v) is 6.49. The van der Waals surface area contributed by atoms with Crippen molar-refractivity contribution in [1.29, 1.82) is 0 Å². The molecular weight excluding hydrogens is 465 g/mol. The van der Waals surface area contributed by atoms with Crippen molar-refractivity contribution < 1.29 is 32.3 Å². The van der Waals surface area contributed by atoms with Crippen LogP contribution in [0.4, 0.5) is 4.39 Å². The number of carboxylic acids is 1. The molecule has 0 radical (unpaired) electrons. The van der Waals surface area contributed by atoms with Crippen molar-refractivity contribution in [3.8, 4) is 0 Å². The van der Waals surface area contributed by atoms with E-state index < -0.39 is 45.8 Å². The van der Waals surface area contributed by atoms with E-state index in [1.54, 1.807) is 6.92 Å². The van der Waals surface area contributed by atoms with Crippen LogP contribution < -0.4 is 5.32 Å². The van der Waals surface area contributed by atoms with Gasteiger partial charge in [-0.05, 0) is 43.4 Å². The standard InChI is InChI=1S/C23H32FN3O6S/c1-2-13-34(32,33)27-12-11-26(23(31)17-9-6-10-18(24)14-17)22(27)21(30)25-19(15-20(28)29)16-7-4-3-5-8-16/h6,9-10,14,16,19,22H,2-5,7-8,11-13,15H2,1H3,(H,25,30)(H,28,29). The predicted molar refractivity (Wildman–Crippen MR) is 123 cm³/mol. The number of nitrogens with one attached hydrogen (secondary N) is 1. The fourth-order valence-electron chi connectivity index (χ4n) is 4.86. The molecule has 2 aliphatic rings. The largest absolute Gasteiger partial charge is 0.481 e. The van der Waals surface area contributed by atoms with Gasteiger partial charge in [0.1, 0.15) is 5.82 Å². The zero-order chi connectivity index (χ0) is 24.9. The number of nitrogens with zero attached hydrogens (tertiary/aromatic N) is 2. The number of hydrogen-bond donors (Lipinski definition) is 2. The average molecular weight is 498 g/mol. The highest BCUT2D eigenvalue weighted by Gasteiger charge is 2.46. The minimum atomic E-state index is -3.86. The molecular formula is C23H32FN3O6S. The molecule has 3 rings (SSSR count). The highest BCUT2D eigenvalue weighted by Crippen LogP contribution is 2.29. The topological polar surface area (TPSA) is 124 Å². The summed E-state index contributed by atoms with van der Waals surface area (Å²) in [6, 6.07) is 4.32. The second kappa shape index (κ2) is 11.3. The third-order valence-electron chi connectivity index (χ3n) is 6.46. The summed E-state index contributed by atoms with van der Waals surface area (Å²) in [6.07, 6.45) is 3.03. The Kier molecular flexibility index (Phi) is 8.64. The first kappa shape index (κ1) is 26.1. The van der Waals surface area contributed by atoms with Crippen LogP contribution in [0.1, 0.15) is 62.2 Å². The summed E-state index contributed by atoms with van der Waals surface area (Å²) >= 11 is 0. The van der Waals surface area contributed by atoms with E-state index in [4.69, 9.17) is 0 Å². The van der Waals surface area contributed by atoms with Gasteiger partial charge in [-0.2, -0.15) is 4.31 Å². The number of carboxylic acid groups (broad SMARTS) is 1. The molecule has 1 heterocycles. The van der Waals surface area contributed by atoms with Gasteiger partial charge >= 0.3 is 5.97 Å². The summed E-state index contributed by atoms with van der Waals surface area (Å²) in [6.45, 7) is 1.59. The molecule has 2 amide bonds. The Hall–Kier alpha value is -2.53. The molecule has 0 aromatic heterocycles. The monoisotopic (exact) mass is 497 g/mol. The first-order chi connectivity index (χ1) is 16.1. The van der Waals surface area contributed by atoms with Gasteiger partial charge in [0, 0.05) is 24.7 Å². The smallest absolute Gasteiger partial charge is 0.305 e. The molecule has 2 atom stereocenters. The highest BCUT2D eigenvalue weighted by molar-refractivity contribution is 7.89. The van der Waals surface area contributed by atoms with E-state index in [-0.39, 0.29) is 36.7 Å². The Morgan fingerprint density at radius 2 is 1.88 bits per heavy atom. The Labute approximate surface area is 199 Å². The molecule has 188 valence electrons. The lowest BCUT2D eigenvalue weighted by Gasteiger charge is -2.34. The maximum atomic E-state index is 13.7. The van der Waals surface area contributed by atoms with E-state index in [1.165, 1.54) is 18.2 Å². The van der Waals surface area contributed by atoms with Crippen LogP contribution in [0.2, 0.25) is 0 Å². The van der Waals surface area contributed by atoms with E-state index in [0.29, 0.717) is 6.42 Å². The second-order valence-electron chi connectivity index (χ2n) is 8.92. The minimum absolute atomic E-state index is 0.00176. The SMILES string of the molecule is CCCS(=O)(=O)N1CCN(C(=O)c2cccc(F)c2)C1C(=O)NC(CC(=O)O)C1CCCCC1. The summed E-state index contributed by atoms with van der Waals surface area (Å²) in [5.41, 5.74) is 0.00176. The van der Waals surface area contributed by atoms with Gasteiger partial charge < -0.3 is 15.3 Å². The number of hydrogen-bond acceptors (Lipinski definition) is 5. The lowest BCUT2D eigenvalue weighted by Crippen LogP contribution is -2.57. The Balaban J connectivity index is 1.91. The van der Waals surface area contributed by atoms with Crippen molar-refractivity contribution in [2.75, 3.05) is 18.8 Å². The lowest BCUT2D eigenvalue weighted by atomic mass is 9.82. The van der Waals surface area contributed by atoms with Crippen molar-refractivity contribution in [3.05, 3.63) is 35.6 Å². The molecule has 1 aliphatic carbocycles. The molecule has 1 aromatic rings. The molecule has 1 saturated heterocycles. The van der Waals surface area contributed by atoms with Gasteiger partial charge in [-0.1, -0.05) is 32.3 Å². The van der Waals surface area contributed by atoms with E-state index in [2.05, 4.69) is 5.32 Å². The molecule has 0 spiro atoms. The van der Waals surface area contributed by atoms with Crippen LogP contribution in [0, 0.1) is 11.7 Å². The predicted octanol–water partition coefficient (Wildman–Crippen LogP) is 2.19. The second-order valence-corrected chi connectivity index (χ2v) is 11.0. The quantitative estimate of drug-likeness (QED) is 0.539. The van der Waals surface area contributed by atoms with Gasteiger partial charge in [-0.3, -0.25) is 14.4 Å². The molecule has 9 nitrogen and oxygen atoms in total. The van der Waals surface area contributed by atoms with E-state index in [1.807, 2.05) is 0 Å². The summed E-state index contributed by atoms with van der Waals surface area (Å²) in [7, 11) is -3.86. The average Bonchev–Trinajstić information content (AvgIpc) is 3.25. The zero-order valence-electron chi connectivity index (χ0n) is 19.3. The first-order valence-electron chi connectivity index (χ1n) is 11.7. The minimum Gasteiger partial charge on any atom is -0.481 e. The van der Waals surface area contributed by atoms with Crippen LogP contribution in [-0.2, 0) is 19.6 Å². The van der Waals surface area contributed by atoms with Crippen molar-refractivity contribution in [2.24, 2.45) is 5.92 Å². The number of rotatable bonds is 9. The molecule has 11 heteroatoms. The molecule has 34 heavy (non-hydrogen) atoms. The molecule has 2 N–H and O–H groups in total. The van der Waals surface area contributed by atoms with Crippen LogP contribution in [-0.4, -0.2) is 71.6 Å². The van der Waals surface area contributed by atoms with Gasteiger partial charge in [0.05, 0.1) is 12.2 Å². The number of amides is 2. The number of aliphatic carboxylic acids is 1. The number of benzene rings is 1. The van der Waals surface area contributed by atoms with Gasteiger partial charge in [0.15, 0.2) is 6.17 Å². The number of carbonyl (C=O) groups is 3. The van der Waals surface area contributed by atoms with E-state index in [9.17, 15) is 32.3 Å². The molecule has 2 fully saturated rings. The van der Waals surface area contributed by atoms with Crippen LogP contribution in [0.3, 0.4) is 0 Å². The summed E-state index contributed by atoms with van der Waals surface area (Å²) < 4.78 is 40.6. The van der Waals surface area contributed by atoms with Crippen LogP contribution in [0.25, 0.3) is 0 Å². The first-order valence-corrected chi connectivity index (χ1v) is 13.3. The summed E-state index contributed by atoms with van der Waals surface area (Å²) in [5, 5.41) is 12.2. The number of carbonyl (C=O) groups excluding carboxylic acids is 2. The normalized spacial score (nSPS) is 20.8. The number of sulfonamides is 1. The Bertz CT molecular complexity index is 1010. The van der Waals surface area contributed by atoms with Crippen LogP contribution in [0.5, 0.6) is 0 Å². The molecule has 2 unspecified atom stereocenters. The van der Waals surface area contributed by atoms with Crippen molar-refractivity contribution in [1.82, 2.24) is 14.5 Å². The molecule has 1 saturated carbocycles. The van der Waals surface area contributed by atoms with Gasteiger partial charge in [-0.15, -0.1) is 0 Å². The van der Waals surface area contributed by atoms with Gasteiger partial charge in [0.25, 0.3) is 11.8 Å². The van der Waals surface area contributed by atoms with Crippen LogP contribution in [0.15, 0.2) is 24.3 Å². The summed E-state index contributed by atoms with van der Waals surface area (Å²) in [5.74, 6) is -3.32. The van der Waals surface area contributed by atoms with E-state index >= 15 is 0 Å². The molecule has 0 bridgehead atoms. The molecule has 1 aliphatic heterocycles. The highest BCUT2D eigenvalue weighted by atomic mass is 32.2. The van der Waals surface area contributed by atoms with E-state index in [0.717, 1.165) is 47.4 Å². The fraction of sp³-hybridized carbons (Fsp3) is 0.609. The Morgan fingerprint density at radius 3 is 2.50 bits per heavy atom. The third kappa shape index (κ3) is 6.12. The number of halogens is 1.